The molecule has 0 aliphatic carbocycles. The predicted molar refractivity (Wildman–Crippen MR) is 92.2 cm³/mol. The summed E-state index contributed by atoms with van der Waals surface area (Å²) in [5, 5.41) is 29.2. The lowest BCUT2D eigenvalue weighted by Gasteiger charge is -2.19. The molecule has 5 atom stereocenters. The number of carboxylic acids is 1. The van der Waals surface area contributed by atoms with Crippen molar-refractivity contribution >= 4 is 36.3 Å². The van der Waals surface area contributed by atoms with E-state index in [4.69, 9.17) is 40.7 Å². The highest BCUT2D eigenvalue weighted by Gasteiger charge is 2.46. The Morgan fingerprint density at radius 2 is 2.07 bits per heavy atom. The zero-order chi connectivity index (χ0) is 21.5. The van der Waals surface area contributed by atoms with E-state index < -0.39 is 50.6 Å². The largest absolute Gasteiger partial charge is 0.479 e. The molecule has 0 saturated carbocycles. The van der Waals surface area contributed by atoms with E-state index >= 15 is 0 Å². The highest BCUT2D eigenvalue weighted by Crippen LogP contribution is 2.42. The van der Waals surface area contributed by atoms with E-state index in [9.17, 15) is 19.6 Å². The first kappa shape index (κ1) is 21.8. The number of aliphatic carboxylic acids is 1. The zero-order valence-corrected chi connectivity index (χ0v) is 16.2. The minimum absolute atomic E-state index is 0.0672. The minimum atomic E-state index is -5.12. The van der Waals surface area contributed by atoms with Gasteiger partial charge in [0.05, 0.1) is 20.0 Å². The molecule has 1 aliphatic heterocycles. The number of aliphatic hydroxyl groups excluding tert-OH is 2. The lowest BCUT2D eigenvalue weighted by Crippen LogP contribution is -2.36. The first-order valence-corrected chi connectivity index (χ1v) is 9.95. The van der Waals surface area contributed by atoms with Crippen LogP contribution < -0.4 is 4.74 Å². The molecule has 2 aromatic rings. The summed E-state index contributed by atoms with van der Waals surface area (Å²) in [6.07, 6.45) is -4.41. The first-order valence-electron chi connectivity index (χ1n) is 7.90. The fourth-order valence-corrected chi connectivity index (χ4v) is 3.51. The molecule has 1 fully saturated rings. The molecule has 3 heterocycles. The molecule has 1 saturated heterocycles. The Labute approximate surface area is 166 Å². The number of halogens is 1. The van der Waals surface area contributed by atoms with Crippen molar-refractivity contribution in [2.45, 2.75) is 30.4 Å². The standard InChI is InChI=1S/C13H16ClN4O10P/c1-26-9-5-8(16-13(14)17-9)18(3-15-5)10-7(20)6(19)4(28-10)2-27-12(11(21)22)29(23,24)25/h3-4,6-7,10,12,19-20H,2H2,1H3,(H,21,22)(H2,23,24,25)/t4-,6-,7-,10-,12?/m1/s1. The van der Waals surface area contributed by atoms with E-state index in [0.717, 1.165) is 0 Å². The lowest BCUT2D eigenvalue weighted by atomic mass is 10.1. The van der Waals surface area contributed by atoms with Crippen LogP contribution in [0.15, 0.2) is 6.33 Å². The number of fused-ring (bicyclic) bond motifs is 1. The molecule has 0 radical (unpaired) electrons. The summed E-state index contributed by atoms with van der Waals surface area (Å²) in [6.45, 7) is -0.720. The van der Waals surface area contributed by atoms with Crippen LogP contribution in [-0.4, -0.2) is 88.5 Å². The molecule has 2 aromatic heterocycles. The fraction of sp³-hybridized carbons (Fsp3) is 0.538. The normalized spacial score (nSPS) is 26.0. The van der Waals surface area contributed by atoms with Gasteiger partial charge in [-0.1, -0.05) is 0 Å². The number of aliphatic hydroxyl groups is 2. The SMILES string of the molecule is COc1nc(Cl)nc2c1ncn2[C@@H]1O[C@H](COC(C(=O)O)P(=O)(O)O)[C@@H](O)[C@H]1O. The third-order valence-electron chi connectivity index (χ3n) is 4.10. The number of hydrogen-bond acceptors (Lipinski definition) is 10. The Morgan fingerprint density at radius 1 is 1.38 bits per heavy atom. The fourth-order valence-electron chi connectivity index (χ4n) is 2.79. The number of ether oxygens (including phenoxy) is 3. The van der Waals surface area contributed by atoms with Crippen LogP contribution in [-0.2, 0) is 18.8 Å². The average Bonchev–Trinajstić information content (AvgIpc) is 3.15. The molecule has 160 valence electrons. The van der Waals surface area contributed by atoms with Crippen molar-refractivity contribution in [2.75, 3.05) is 13.7 Å². The third-order valence-corrected chi connectivity index (χ3v) is 5.25. The Kier molecular flexibility index (Phi) is 6.08. The van der Waals surface area contributed by atoms with E-state index in [2.05, 4.69) is 15.0 Å². The van der Waals surface area contributed by atoms with Crippen molar-refractivity contribution in [1.82, 2.24) is 19.5 Å². The van der Waals surface area contributed by atoms with E-state index in [-0.39, 0.29) is 22.3 Å². The first-order chi connectivity index (χ1) is 13.5. The Balaban J connectivity index is 1.83. The van der Waals surface area contributed by atoms with Crippen LogP contribution in [0.5, 0.6) is 5.88 Å². The van der Waals surface area contributed by atoms with Gasteiger partial charge in [0.25, 0.3) is 5.85 Å². The quantitative estimate of drug-likeness (QED) is 0.244. The number of methoxy groups -OCH3 is 1. The Hall–Kier alpha value is -1.90. The highest BCUT2D eigenvalue weighted by molar-refractivity contribution is 7.53. The van der Waals surface area contributed by atoms with Gasteiger partial charge in [0.15, 0.2) is 17.4 Å². The summed E-state index contributed by atoms with van der Waals surface area (Å²) in [5.41, 5.74) is 0.327. The van der Waals surface area contributed by atoms with Crippen LogP contribution in [0.4, 0.5) is 0 Å². The number of hydrogen-bond donors (Lipinski definition) is 5. The van der Waals surface area contributed by atoms with Gasteiger partial charge in [-0.25, -0.2) is 9.78 Å². The predicted octanol–water partition coefficient (Wildman–Crippen LogP) is -1.29. The molecule has 0 bridgehead atoms. The van der Waals surface area contributed by atoms with Gasteiger partial charge in [-0.3, -0.25) is 9.13 Å². The van der Waals surface area contributed by atoms with Crippen molar-refractivity contribution in [3.05, 3.63) is 11.6 Å². The molecule has 1 unspecified atom stereocenters. The molecule has 16 heteroatoms. The van der Waals surface area contributed by atoms with Gasteiger partial charge >= 0.3 is 13.6 Å². The molecular weight excluding hydrogens is 439 g/mol. The van der Waals surface area contributed by atoms with Crippen LogP contribution in [0.3, 0.4) is 0 Å². The van der Waals surface area contributed by atoms with Gasteiger partial charge in [-0.05, 0) is 11.6 Å². The Bertz CT molecular complexity index is 966. The zero-order valence-electron chi connectivity index (χ0n) is 14.6. The smallest absolute Gasteiger partial charge is 0.365 e. The number of carboxylic acid groups (broad SMARTS) is 1. The summed E-state index contributed by atoms with van der Waals surface area (Å²) in [6, 6.07) is 0. The van der Waals surface area contributed by atoms with Gasteiger partial charge in [0, 0.05) is 0 Å². The highest BCUT2D eigenvalue weighted by atomic mass is 35.5. The topological polar surface area (TPSA) is 207 Å². The van der Waals surface area contributed by atoms with E-state index in [1.165, 1.54) is 18.0 Å². The van der Waals surface area contributed by atoms with Crippen LogP contribution in [0.2, 0.25) is 5.28 Å². The van der Waals surface area contributed by atoms with Crippen LogP contribution in [0.25, 0.3) is 11.2 Å². The molecule has 0 amide bonds. The summed E-state index contributed by atoms with van der Waals surface area (Å²) in [4.78, 5) is 40.9. The molecule has 3 rings (SSSR count). The maximum atomic E-state index is 11.2. The number of carbonyl (C=O) groups is 1. The number of imidazole rings is 1. The van der Waals surface area contributed by atoms with E-state index in [0.29, 0.717) is 0 Å². The second-order valence-electron chi connectivity index (χ2n) is 5.99. The second kappa shape index (κ2) is 8.08. The molecule has 1 aliphatic rings. The average molecular weight is 455 g/mol. The summed E-state index contributed by atoms with van der Waals surface area (Å²) in [7, 11) is -3.77. The van der Waals surface area contributed by atoms with Gasteiger partial charge in [0.2, 0.25) is 11.2 Å². The molecule has 0 aromatic carbocycles. The molecule has 0 spiro atoms. The molecule has 29 heavy (non-hydrogen) atoms. The van der Waals surface area contributed by atoms with Crippen molar-refractivity contribution in [3.63, 3.8) is 0 Å². The van der Waals surface area contributed by atoms with Crippen molar-refractivity contribution in [3.8, 4) is 5.88 Å². The maximum absolute atomic E-state index is 11.2. The molecule has 5 N–H and O–H groups in total. The second-order valence-corrected chi connectivity index (χ2v) is 7.97. The third kappa shape index (κ3) is 4.20. The van der Waals surface area contributed by atoms with Crippen molar-refractivity contribution < 1.29 is 48.7 Å². The number of rotatable bonds is 7. The maximum Gasteiger partial charge on any atom is 0.365 e. The lowest BCUT2D eigenvalue weighted by molar-refractivity contribution is -0.149. The van der Waals surface area contributed by atoms with E-state index in [1.54, 1.807) is 0 Å². The van der Waals surface area contributed by atoms with Crippen LogP contribution in [0, 0.1) is 0 Å². The summed E-state index contributed by atoms with van der Waals surface area (Å²) >= 11 is 5.84. The van der Waals surface area contributed by atoms with Crippen molar-refractivity contribution in [2.24, 2.45) is 0 Å². The van der Waals surface area contributed by atoms with Gasteiger partial charge in [-0.15, -0.1) is 0 Å². The molecule has 14 nitrogen and oxygen atoms in total. The molecular formula is C13H16ClN4O10P. The van der Waals surface area contributed by atoms with Gasteiger partial charge in [-0.2, -0.15) is 9.97 Å². The van der Waals surface area contributed by atoms with Crippen LogP contribution in [0.1, 0.15) is 6.23 Å². The van der Waals surface area contributed by atoms with E-state index in [1.807, 2.05) is 0 Å². The minimum Gasteiger partial charge on any atom is -0.479 e. The Morgan fingerprint density at radius 3 is 2.66 bits per heavy atom. The summed E-state index contributed by atoms with van der Waals surface area (Å²) < 4.78 is 27.7. The number of aromatic nitrogens is 4. The number of nitrogens with zero attached hydrogens (tertiary/aromatic N) is 4. The summed E-state index contributed by atoms with van der Waals surface area (Å²) in [5.74, 6) is -4.26. The van der Waals surface area contributed by atoms with Gasteiger partial charge in [0.1, 0.15) is 18.3 Å². The van der Waals surface area contributed by atoms with Crippen molar-refractivity contribution in [1.29, 1.82) is 0 Å². The monoisotopic (exact) mass is 454 g/mol. The van der Waals surface area contributed by atoms with Crippen LogP contribution >= 0.6 is 19.2 Å². The van der Waals surface area contributed by atoms with Gasteiger partial charge < -0.3 is 39.3 Å².